The quantitative estimate of drug-likeness (QED) is 0.549. The van der Waals surface area contributed by atoms with E-state index in [1.54, 1.807) is 43.5 Å². The van der Waals surface area contributed by atoms with Gasteiger partial charge in [0.1, 0.15) is 10.8 Å². The third-order valence-electron chi connectivity index (χ3n) is 5.06. The van der Waals surface area contributed by atoms with Crippen LogP contribution in [0.3, 0.4) is 0 Å². The van der Waals surface area contributed by atoms with Crippen LogP contribution >= 0.6 is 11.3 Å². The van der Waals surface area contributed by atoms with Gasteiger partial charge >= 0.3 is 0 Å². The summed E-state index contributed by atoms with van der Waals surface area (Å²) in [5.74, 6) is 0.829. The summed E-state index contributed by atoms with van der Waals surface area (Å²) in [6.45, 7) is 1.46. The zero-order chi connectivity index (χ0) is 20.9. The molecule has 30 heavy (non-hydrogen) atoms. The van der Waals surface area contributed by atoms with Gasteiger partial charge in [0.25, 0.3) is 5.91 Å². The minimum atomic E-state index is -0.296. The van der Waals surface area contributed by atoms with E-state index in [0.717, 1.165) is 30.1 Å². The molecule has 8 nitrogen and oxygen atoms in total. The van der Waals surface area contributed by atoms with Gasteiger partial charge in [-0.05, 0) is 55.8 Å². The van der Waals surface area contributed by atoms with Crippen LogP contribution in [0.4, 0.5) is 5.69 Å². The first-order valence-corrected chi connectivity index (χ1v) is 10.5. The van der Waals surface area contributed by atoms with Gasteiger partial charge in [-0.25, -0.2) is 0 Å². The predicted molar refractivity (Wildman–Crippen MR) is 112 cm³/mol. The fourth-order valence-corrected chi connectivity index (χ4v) is 4.29. The maximum Gasteiger partial charge on any atom is 0.286 e. The number of carbonyl (C=O) groups is 2. The lowest BCUT2D eigenvalue weighted by Gasteiger charge is -2.22. The smallest absolute Gasteiger partial charge is 0.286 e. The van der Waals surface area contributed by atoms with E-state index in [9.17, 15) is 9.59 Å². The van der Waals surface area contributed by atoms with Gasteiger partial charge in [-0.15, -0.1) is 10.2 Å². The summed E-state index contributed by atoms with van der Waals surface area (Å²) in [4.78, 5) is 27.0. The van der Waals surface area contributed by atoms with Crippen molar-refractivity contribution in [1.82, 2.24) is 15.1 Å². The summed E-state index contributed by atoms with van der Waals surface area (Å²) < 4.78 is 10.3. The molecule has 0 radical (unpaired) electrons. The Kier molecular flexibility index (Phi) is 6.20. The minimum absolute atomic E-state index is 0.00808. The number of hydrogen-bond donors (Lipinski definition) is 1. The van der Waals surface area contributed by atoms with Gasteiger partial charge in [0.2, 0.25) is 5.01 Å². The highest BCUT2D eigenvalue weighted by Gasteiger charge is 2.29. The van der Waals surface area contributed by atoms with Crippen LogP contribution in [0.5, 0.6) is 5.75 Å². The van der Waals surface area contributed by atoms with Crippen molar-refractivity contribution < 1.29 is 18.7 Å². The second-order valence-corrected chi connectivity index (χ2v) is 8.12. The van der Waals surface area contributed by atoms with Gasteiger partial charge in [-0.1, -0.05) is 11.3 Å². The van der Waals surface area contributed by atoms with Crippen molar-refractivity contribution in [2.45, 2.75) is 31.8 Å². The van der Waals surface area contributed by atoms with Crippen LogP contribution in [0.15, 0.2) is 47.1 Å². The van der Waals surface area contributed by atoms with Crippen LogP contribution in [0, 0.1) is 0 Å². The van der Waals surface area contributed by atoms with E-state index in [1.807, 2.05) is 0 Å². The number of Topliss-reactive ketones (excluding diaryl/α,β-unsaturated/α-hetero) is 1. The van der Waals surface area contributed by atoms with E-state index in [4.69, 9.17) is 9.15 Å². The molecule has 1 saturated heterocycles. The van der Waals surface area contributed by atoms with Crippen molar-refractivity contribution in [2.75, 3.05) is 19.0 Å². The zero-order valence-corrected chi connectivity index (χ0v) is 17.4. The first-order chi connectivity index (χ1) is 14.6. The van der Waals surface area contributed by atoms with Gasteiger partial charge in [0.05, 0.1) is 19.9 Å². The van der Waals surface area contributed by atoms with Gasteiger partial charge in [0, 0.05) is 18.2 Å². The highest BCUT2D eigenvalue weighted by atomic mass is 32.1. The molecule has 1 aromatic carbocycles. The molecule has 3 aromatic rings. The number of amides is 1. The predicted octanol–water partition coefficient (Wildman–Crippen LogP) is 3.63. The molecule has 0 saturated carbocycles. The normalized spacial score (nSPS) is 16.5. The van der Waals surface area contributed by atoms with E-state index >= 15 is 0 Å². The Morgan fingerprint density at radius 3 is 2.83 bits per heavy atom. The summed E-state index contributed by atoms with van der Waals surface area (Å²) in [7, 11) is 1.59. The molecule has 156 valence electrons. The number of ketones is 1. The zero-order valence-electron chi connectivity index (χ0n) is 16.5. The molecule has 3 heterocycles. The van der Waals surface area contributed by atoms with Crippen molar-refractivity contribution in [3.63, 3.8) is 0 Å². The molecule has 0 unspecified atom stereocenters. The van der Waals surface area contributed by atoms with Crippen LogP contribution in [0.1, 0.15) is 44.6 Å². The number of anilines is 1. The number of hydrogen-bond acceptors (Lipinski definition) is 8. The van der Waals surface area contributed by atoms with Crippen molar-refractivity contribution in [2.24, 2.45) is 0 Å². The molecule has 1 amide bonds. The van der Waals surface area contributed by atoms with E-state index < -0.39 is 0 Å². The third-order valence-corrected chi connectivity index (χ3v) is 5.97. The number of ether oxygens (including phenoxy) is 1. The van der Waals surface area contributed by atoms with Crippen molar-refractivity contribution in [3.05, 3.63) is 58.4 Å². The minimum Gasteiger partial charge on any atom is -0.497 e. The van der Waals surface area contributed by atoms with Crippen LogP contribution in [-0.4, -0.2) is 46.5 Å². The van der Waals surface area contributed by atoms with Gasteiger partial charge < -0.3 is 14.5 Å². The van der Waals surface area contributed by atoms with Crippen molar-refractivity contribution >= 4 is 28.7 Å². The van der Waals surface area contributed by atoms with Gasteiger partial charge in [-0.3, -0.25) is 14.5 Å². The summed E-state index contributed by atoms with van der Waals surface area (Å²) in [5, 5.41) is 12.1. The van der Waals surface area contributed by atoms with E-state index in [0.29, 0.717) is 29.4 Å². The average Bonchev–Trinajstić information content (AvgIpc) is 3.52. The summed E-state index contributed by atoms with van der Waals surface area (Å²) >= 11 is 1.27. The van der Waals surface area contributed by atoms with E-state index in [2.05, 4.69) is 20.4 Å². The van der Waals surface area contributed by atoms with Crippen molar-refractivity contribution in [1.29, 1.82) is 0 Å². The number of aromatic nitrogens is 2. The Morgan fingerprint density at radius 2 is 2.10 bits per heavy atom. The number of benzene rings is 1. The highest BCUT2D eigenvalue weighted by molar-refractivity contribution is 7.13. The molecule has 0 bridgehead atoms. The molecule has 9 heteroatoms. The van der Waals surface area contributed by atoms with Crippen LogP contribution in [0.2, 0.25) is 0 Å². The van der Waals surface area contributed by atoms with Crippen LogP contribution in [0.25, 0.3) is 0 Å². The first-order valence-electron chi connectivity index (χ1n) is 9.71. The summed E-state index contributed by atoms with van der Waals surface area (Å²) in [5.41, 5.74) is 0.661. The lowest BCUT2D eigenvalue weighted by molar-refractivity contribution is 0.0910. The Labute approximate surface area is 177 Å². The van der Waals surface area contributed by atoms with Gasteiger partial charge in [-0.2, -0.15) is 0 Å². The highest BCUT2D eigenvalue weighted by Crippen LogP contribution is 2.25. The molecular formula is C21H22N4O4S. The molecule has 1 fully saturated rings. The topological polar surface area (TPSA) is 97.6 Å². The Morgan fingerprint density at radius 1 is 1.27 bits per heavy atom. The molecule has 1 N–H and O–H groups in total. The molecular weight excluding hydrogens is 404 g/mol. The monoisotopic (exact) mass is 426 g/mol. The maximum atomic E-state index is 12.5. The second-order valence-electron chi connectivity index (χ2n) is 7.05. The first kappa shape index (κ1) is 20.2. The fourth-order valence-electron chi connectivity index (χ4n) is 3.53. The number of methoxy groups -OCH3 is 1. The third kappa shape index (κ3) is 4.74. The molecule has 0 spiro atoms. The lowest BCUT2D eigenvalue weighted by atomic mass is 10.1. The van der Waals surface area contributed by atoms with Crippen LogP contribution < -0.4 is 10.1 Å². The second kappa shape index (κ2) is 9.19. The van der Waals surface area contributed by atoms with E-state index in [1.165, 1.54) is 17.6 Å². The number of furan rings is 1. The summed E-state index contributed by atoms with van der Waals surface area (Å²) in [6, 6.07) is 10.6. The Bertz CT molecular complexity index is 1000. The fraction of sp³-hybridized carbons (Fsp3) is 0.333. The summed E-state index contributed by atoms with van der Waals surface area (Å²) in [6.07, 6.45) is 3.91. The molecule has 1 aliphatic heterocycles. The molecule has 0 aliphatic carbocycles. The van der Waals surface area contributed by atoms with Crippen molar-refractivity contribution in [3.8, 4) is 5.75 Å². The molecule has 2 aromatic heterocycles. The lowest BCUT2D eigenvalue weighted by Crippen LogP contribution is -2.30. The number of nitrogens with one attached hydrogen (secondary N) is 1. The Hall–Kier alpha value is -3.04. The van der Waals surface area contributed by atoms with Gasteiger partial charge in [0.15, 0.2) is 11.5 Å². The number of nitrogens with zero attached hydrogens (tertiary/aromatic N) is 3. The van der Waals surface area contributed by atoms with E-state index in [-0.39, 0.29) is 17.7 Å². The molecule has 1 atom stereocenters. The molecule has 4 rings (SSSR count). The molecule has 1 aliphatic rings. The average molecular weight is 426 g/mol. The SMILES string of the molecule is COc1ccc(NC(=O)c2nnc(CN3CCC[C@@H]3CC(=O)c3ccco3)s2)cc1. The maximum absolute atomic E-state index is 12.5. The largest absolute Gasteiger partial charge is 0.497 e. The Balaban J connectivity index is 1.35. The van der Waals surface area contributed by atoms with Crippen LogP contribution in [-0.2, 0) is 6.54 Å². The number of likely N-dealkylation sites (tertiary alicyclic amines) is 1. The number of rotatable bonds is 8. The standard InChI is InChI=1S/C21H22N4O4S/c1-28-16-8-6-14(7-9-16)22-20(27)21-24-23-19(30-21)13-25-10-2-4-15(25)12-17(26)18-5-3-11-29-18/h3,5-9,11,15H,2,4,10,12-13H2,1H3,(H,22,27)/t15-/m1/s1. The number of carbonyl (C=O) groups excluding carboxylic acids is 2.